The third kappa shape index (κ3) is 8.33. The molecule has 3 amide bonds. The third-order valence-electron chi connectivity index (χ3n) is 6.58. The van der Waals surface area contributed by atoms with E-state index in [-0.39, 0.29) is 12.2 Å². The lowest BCUT2D eigenvalue weighted by Crippen LogP contribution is -2.53. The zero-order valence-electron chi connectivity index (χ0n) is 24.3. The summed E-state index contributed by atoms with van der Waals surface area (Å²) < 4.78 is 5.42. The van der Waals surface area contributed by atoms with Crippen LogP contribution in [0.5, 0.6) is 5.75 Å². The van der Waals surface area contributed by atoms with E-state index in [1.165, 1.54) is 24.3 Å². The van der Waals surface area contributed by atoms with Crippen LogP contribution in [0.15, 0.2) is 97.1 Å². The molecule has 0 aliphatic rings. The topological polar surface area (TPSA) is 132 Å². The first-order valence-corrected chi connectivity index (χ1v) is 13.8. The van der Waals surface area contributed by atoms with Gasteiger partial charge in [-0.05, 0) is 66.9 Å². The fourth-order valence-electron chi connectivity index (χ4n) is 4.68. The van der Waals surface area contributed by atoms with Gasteiger partial charge in [-0.2, -0.15) is 5.26 Å². The lowest BCUT2D eigenvalue weighted by atomic mass is 10.00. The Morgan fingerprint density at radius 3 is 2.21 bits per heavy atom. The molecule has 0 aliphatic heterocycles. The van der Waals surface area contributed by atoms with E-state index in [4.69, 9.17) is 4.74 Å². The molecule has 4 aromatic rings. The highest BCUT2D eigenvalue weighted by Crippen LogP contribution is 2.27. The monoisotopic (exact) mass is 578 g/mol. The molecular formula is C34H34N4O5. The Kier molecular flexibility index (Phi) is 9.63. The number of anilines is 1. The molecule has 4 aromatic carbocycles. The number of nitriles is 1. The predicted octanol–water partition coefficient (Wildman–Crippen LogP) is 5.71. The van der Waals surface area contributed by atoms with Crippen molar-refractivity contribution in [2.24, 2.45) is 0 Å². The summed E-state index contributed by atoms with van der Waals surface area (Å²) in [6.45, 7) is 4.68. The van der Waals surface area contributed by atoms with E-state index in [1.807, 2.05) is 72.8 Å². The van der Waals surface area contributed by atoms with Gasteiger partial charge in [-0.25, -0.2) is 4.79 Å². The van der Waals surface area contributed by atoms with E-state index >= 15 is 0 Å². The van der Waals surface area contributed by atoms with E-state index in [0.717, 1.165) is 21.2 Å². The fourth-order valence-corrected chi connectivity index (χ4v) is 4.68. The number of nitrogens with zero attached hydrogens (tertiary/aromatic N) is 2. The summed E-state index contributed by atoms with van der Waals surface area (Å²) in [6.07, 6.45) is -0.712. The van der Waals surface area contributed by atoms with Crippen molar-refractivity contribution in [1.29, 1.82) is 5.26 Å². The Bertz CT molecular complexity index is 1620. The number of amides is 3. The molecule has 0 fully saturated rings. The maximum atomic E-state index is 14.2. The number of carbonyl (C=O) groups is 3. The molecule has 220 valence electrons. The van der Waals surface area contributed by atoms with Gasteiger partial charge in [-0.15, -0.1) is 0 Å². The van der Waals surface area contributed by atoms with Crippen molar-refractivity contribution in [1.82, 2.24) is 10.2 Å². The normalized spacial score (nSPS) is 12.4. The number of aromatic hydroxyl groups is 1. The van der Waals surface area contributed by atoms with Gasteiger partial charge in [0.05, 0.1) is 6.07 Å². The van der Waals surface area contributed by atoms with Crippen LogP contribution in [0.1, 0.15) is 37.9 Å². The number of ether oxygens (including phenoxy) is 1. The van der Waals surface area contributed by atoms with Crippen molar-refractivity contribution in [2.75, 3.05) is 11.9 Å². The molecule has 4 rings (SSSR count). The zero-order valence-corrected chi connectivity index (χ0v) is 24.3. The summed E-state index contributed by atoms with van der Waals surface area (Å²) in [5.41, 5.74) is 0.820. The highest BCUT2D eigenvalue weighted by atomic mass is 16.6. The number of nitrogens with one attached hydrogen (secondary N) is 2. The van der Waals surface area contributed by atoms with Crippen molar-refractivity contribution in [3.8, 4) is 11.8 Å². The molecule has 0 saturated carbocycles. The van der Waals surface area contributed by atoms with Gasteiger partial charge in [0.25, 0.3) is 5.91 Å². The molecule has 0 bridgehead atoms. The number of alkyl carbamates (subject to hydrolysis) is 1. The Balaban J connectivity index is 1.72. The van der Waals surface area contributed by atoms with Crippen molar-refractivity contribution in [2.45, 2.75) is 44.9 Å². The van der Waals surface area contributed by atoms with E-state index in [0.29, 0.717) is 11.3 Å². The summed E-state index contributed by atoms with van der Waals surface area (Å²) in [5.74, 6) is -1.24. The highest BCUT2D eigenvalue weighted by molar-refractivity contribution is 6.00. The molecule has 2 atom stereocenters. The lowest BCUT2D eigenvalue weighted by molar-refractivity contribution is -0.140. The lowest BCUT2D eigenvalue weighted by Gasteiger charge is -2.33. The number of hydrogen-bond donors (Lipinski definition) is 3. The Morgan fingerprint density at radius 2 is 1.56 bits per heavy atom. The maximum Gasteiger partial charge on any atom is 0.408 e. The molecule has 0 saturated heterocycles. The SMILES string of the molecule is CC(C)(C)OC(=O)NC(Cc1ccccc1)C(=O)N(CC#N)C(C(=O)Nc1ccc2ccccc2c1)c1ccc(O)cc1. The van der Waals surface area contributed by atoms with E-state index in [1.54, 1.807) is 26.8 Å². The van der Waals surface area contributed by atoms with E-state index < -0.39 is 42.1 Å². The van der Waals surface area contributed by atoms with Gasteiger partial charge in [0.2, 0.25) is 5.91 Å². The molecule has 9 heteroatoms. The number of phenolic OH excluding ortho intramolecular Hbond substituents is 1. The van der Waals surface area contributed by atoms with Crippen molar-refractivity contribution in [3.63, 3.8) is 0 Å². The minimum atomic E-state index is -1.27. The number of hydrogen-bond acceptors (Lipinski definition) is 6. The van der Waals surface area contributed by atoms with Crippen molar-refractivity contribution >= 4 is 34.4 Å². The summed E-state index contributed by atoms with van der Waals surface area (Å²) in [6, 6.07) is 27.7. The van der Waals surface area contributed by atoms with Crippen LogP contribution in [-0.4, -0.2) is 46.1 Å². The summed E-state index contributed by atoms with van der Waals surface area (Å²) >= 11 is 0. The highest BCUT2D eigenvalue weighted by Gasteiger charge is 2.36. The predicted molar refractivity (Wildman–Crippen MR) is 164 cm³/mol. The summed E-state index contributed by atoms with van der Waals surface area (Å²) in [7, 11) is 0. The summed E-state index contributed by atoms with van der Waals surface area (Å²) in [4.78, 5) is 42.1. The number of carbonyl (C=O) groups excluding carboxylic acids is 3. The summed E-state index contributed by atoms with van der Waals surface area (Å²) in [5, 5.41) is 27.2. The maximum absolute atomic E-state index is 14.2. The Hall–Kier alpha value is -5.36. The van der Waals surface area contributed by atoms with Gasteiger partial charge in [0, 0.05) is 12.1 Å². The Morgan fingerprint density at radius 1 is 0.907 bits per heavy atom. The molecule has 43 heavy (non-hydrogen) atoms. The molecule has 9 nitrogen and oxygen atoms in total. The van der Waals surface area contributed by atoms with Crippen LogP contribution < -0.4 is 10.6 Å². The van der Waals surface area contributed by atoms with Crippen LogP contribution in [0.2, 0.25) is 0 Å². The minimum absolute atomic E-state index is 0.0239. The van der Waals surface area contributed by atoms with E-state index in [9.17, 15) is 24.8 Å². The molecule has 0 radical (unpaired) electrons. The quantitative estimate of drug-likeness (QED) is 0.218. The second-order valence-corrected chi connectivity index (χ2v) is 11.1. The van der Waals surface area contributed by atoms with Crippen LogP contribution in [0.3, 0.4) is 0 Å². The van der Waals surface area contributed by atoms with Crippen LogP contribution >= 0.6 is 0 Å². The van der Waals surface area contributed by atoms with Gasteiger partial charge in [-0.3, -0.25) is 9.59 Å². The second-order valence-electron chi connectivity index (χ2n) is 11.1. The number of phenols is 1. The molecular weight excluding hydrogens is 544 g/mol. The van der Waals surface area contributed by atoms with Crippen molar-refractivity contribution in [3.05, 3.63) is 108 Å². The van der Waals surface area contributed by atoms with Gasteiger partial charge < -0.3 is 25.4 Å². The fraction of sp³-hybridized carbons (Fsp3) is 0.235. The van der Waals surface area contributed by atoms with Crippen LogP contribution in [0.4, 0.5) is 10.5 Å². The molecule has 0 aromatic heterocycles. The van der Waals surface area contributed by atoms with Gasteiger partial charge in [-0.1, -0.05) is 72.8 Å². The third-order valence-corrected chi connectivity index (χ3v) is 6.58. The van der Waals surface area contributed by atoms with Crippen LogP contribution in [0.25, 0.3) is 10.8 Å². The average molecular weight is 579 g/mol. The molecule has 0 heterocycles. The first kappa shape index (κ1) is 30.6. The first-order chi connectivity index (χ1) is 20.5. The van der Waals surface area contributed by atoms with Gasteiger partial charge in [0.1, 0.15) is 30.0 Å². The minimum Gasteiger partial charge on any atom is -0.508 e. The van der Waals surface area contributed by atoms with Crippen LogP contribution in [0, 0.1) is 11.3 Å². The first-order valence-electron chi connectivity index (χ1n) is 13.8. The smallest absolute Gasteiger partial charge is 0.408 e. The number of fused-ring (bicyclic) bond motifs is 1. The molecule has 2 unspecified atom stereocenters. The second kappa shape index (κ2) is 13.5. The van der Waals surface area contributed by atoms with E-state index in [2.05, 4.69) is 10.6 Å². The average Bonchev–Trinajstić information content (AvgIpc) is 2.96. The molecule has 0 spiro atoms. The van der Waals surface area contributed by atoms with Crippen LogP contribution in [-0.2, 0) is 20.7 Å². The zero-order chi connectivity index (χ0) is 31.0. The number of benzene rings is 4. The van der Waals surface area contributed by atoms with Crippen molar-refractivity contribution < 1.29 is 24.2 Å². The van der Waals surface area contributed by atoms with Gasteiger partial charge in [0.15, 0.2) is 0 Å². The molecule has 3 N–H and O–H groups in total. The largest absolute Gasteiger partial charge is 0.508 e. The molecule has 0 aliphatic carbocycles. The standard InChI is InChI=1S/C34H34N4O5/c1-34(2,3)43-33(42)37-29(21-23-9-5-4-6-10-23)32(41)38(20-19-35)30(25-14-17-28(39)18-15-25)31(40)36-27-16-13-24-11-7-8-12-26(24)22-27/h4-18,22,29-30,39H,20-21H2,1-3H3,(H,36,40)(H,37,42). The Labute approximate surface area is 250 Å². The van der Waals surface area contributed by atoms with Gasteiger partial charge >= 0.3 is 6.09 Å². The number of rotatable bonds is 9.